The van der Waals surface area contributed by atoms with Gasteiger partial charge in [-0.05, 0) is 32.4 Å². The van der Waals surface area contributed by atoms with E-state index in [4.69, 9.17) is 4.74 Å². The van der Waals surface area contributed by atoms with Crippen LogP contribution in [0.5, 0.6) is 5.75 Å². The number of carbonyl (C=O) groups excluding carboxylic acids is 2. The number of Topliss-reactive ketones (excluding diaryl/α,β-unsaturated/α-hetero) is 1. The molecule has 7 heteroatoms. The molecule has 2 aliphatic rings. The van der Waals surface area contributed by atoms with Crippen LogP contribution in [0.3, 0.4) is 0 Å². The van der Waals surface area contributed by atoms with Gasteiger partial charge >= 0.3 is 0 Å². The highest BCUT2D eigenvalue weighted by Gasteiger charge is 2.42. The standard InChI is InChI=1S/C23H27N3O4/c1-15-11-12-24(2)19-14-25-13-17(18(27)10-9-16-7-5-4-6-8-16)21(28)22(30-3)20(25)23(29)26(15)19/h4-8,13,15,19H,9-12,14H2,1-3H3/t15?,19-/m0/s1. The van der Waals surface area contributed by atoms with Crippen LogP contribution in [0.1, 0.15) is 46.2 Å². The molecule has 0 bridgehead atoms. The number of nitrogens with zero attached hydrogens (tertiary/aromatic N) is 3. The first kappa shape index (κ1) is 20.3. The first-order valence-corrected chi connectivity index (χ1v) is 10.3. The Kier molecular flexibility index (Phi) is 5.47. The molecule has 0 aliphatic carbocycles. The Morgan fingerprint density at radius 1 is 1.20 bits per heavy atom. The number of hydrogen-bond acceptors (Lipinski definition) is 5. The number of hydrogen-bond donors (Lipinski definition) is 0. The predicted molar refractivity (Wildman–Crippen MR) is 113 cm³/mol. The molecular weight excluding hydrogens is 382 g/mol. The van der Waals surface area contributed by atoms with Gasteiger partial charge in [-0.25, -0.2) is 0 Å². The Labute approximate surface area is 175 Å². The lowest BCUT2D eigenvalue weighted by molar-refractivity contribution is -0.0209. The van der Waals surface area contributed by atoms with Crippen molar-refractivity contribution in [2.75, 3.05) is 20.7 Å². The molecule has 1 fully saturated rings. The number of aromatic nitrogens is 1. The zero-order chi connectivity index (χ0) is 21.4. The summed E-state index contributed by atoms with van der Waals surface area (Å²) < 4.78 is 7.09. The van der Waals surface area contributed by atoms with Crippen LogP contribution in [-0.4, -0.2) is 59.0 Å². The van der Waals surface area contributed by atoms with Crippen LogP contribution in [0.2, 0.25) is 0 Å². The molecule has 2 aliphatic heterocycles. The number of methoxy groups -OCH3 is 1. The fourth-order valence-corrected chi connectivity index (χ4v) is 4.47. The number of amides is 1. The van der Waals surface area contributed by atoms with E-state index in [-0.39, 0.29) is 47.3 Å². The van der Waals surface area contributed by atoms with Crippen molar-refractivity contribution < 1.29 is 14.3 Å². The number of ether oxygens (including phenoxy) is 1. The van der Waals surface area contributed by atoms with E-state index in [1.165, 1.54) is 7.11 Å². The summed E-state index contributed by atoms with van der Waals surface area (Å²) in [6.45, 7) is 3.42. The molecule has 7 nitrogen and oxygen atoms in total. The van der Waals surface area contributed by atoms with Crippen molar-refractivity contribution in [2.45, 2.75) is 44.9 Å². The Morgan fingerprint density at radius 3 is 2.63 bits per heavy atom. The van der Waals surface area contributed by atoms with Gasteiger partial charge in [-0.2, -0.15) is 0 Å². The first-order chi connectivity index (χ1) is 14.4. The van der Waals surface area contributed by atoms with Crippen LogP contribution in [0.15, 0.2) is 41.3 Å². The lowest BCUT2D eigenvalue weighted by Gasteiger charge is -2.49. The molecule has 0 N–H and O–H groups in total. The Bertz CT molecular complexity index is 1030. The van der Waals surface area contributed by atoms with Gasteiger partial charge in [0.2, 0.25) is 5.43 Å². The molecule has 1 amide bonds. The number of carbonyl (C=O) groups is 2. The maximum absolute atomic E-state index is 13.3. The van der Waals surface area contributed by atoms with E-state index in [1.54, 1.807) is 10.8 Å². The van der Waals surface area contributed by atoms with Gasteiger partial charge in [0.05, 0.1) is 19.2 Å². The van der Waals surface area contributed by atoms with E-state index in [0.29, 0.717) is 13.0 Å². The van der Waals surface area contributed by atoms with Crippen LogP contribution in [0, 0.1) is 0 Å². The van der Waals surface area contributed by atoms with E-state index >= 15 is 0 Å². The van der Waals surface area contributed by atoms with Crippen LogP contribution < -0.4 is 10.2 Å². The molecule has 158 valence electrons. The summed E-state index contributed by atoms with van der Waals surface area (Å²) in [6, 6.07) is 9.78. The summed E-state index contributed by atoms with van der Waals surface area (Å²) in [7, 11) is 3.37. The fourth-order valence-electron chi connectivity index (χ4n) is 4.47. The average molecular weight is 409 g/mol. The van der Waals surface area contributed by atoms with Crippen molar-refractivity contribution in [2.24, 2.45) is 0 Å². The Hall–Kier alpha value is -2.93. The maximum Gasteiger partial charge on any atom is 0.276 e. The number of ketones is 1. The quantitative estimate of drug-likeness (QED) is 0.708. The van der Waals surface area contributed by atoms with Gasteiger partial charge < -0.3 is 14.2 Å². The van der Waals surface area contributed by atoms with Crippen LogP contribution in [0.25, 0.3) is 0 Å². The van der Waals surface area contributed by atoms with E-state index in [2.05, 4.69) is 4.90 Å². The Balaban J connectivity index is 1.70. The van der Waals surface area contributed by atoms with Crippen molar-refractivity contribution in [1.82, 2.24) is 14.4 Å². The number of pyridine rings is 1. The summed E-state index contributed by atoms with van der Waals surface area (Å²) in [5, 5.41) is 0. The number of rotatable bonds is 5. The Morgan fingerprint density at radius 2 is 1.93 bits per heavy atom. The van der Waals surface area contributed by atoms with E-state index in [0.717, 1.165) is 18.5 Å². The number of aryl methyl sites for hydroxylation is 1. The summed E-state index contributed by atoms with van der Waals surface area (Å²) in [5.74, 6) is -0.496. The smallest absolute Gasteiger partial charge is 0.276 e. The zero-order valence-corrected chi connectivity index (χ0v) is 17.6. The zero-order valence-electron chi connectivity index (χ0n) is 17.6. The van der Waals surface area contributed by atoms with E-state index < -0.39 is 5.43 Å². The van der Waals surface area contributed by atoms with Crippen molar-refractivity contribution in [3.8, 4) is 5.75 Å². The van der Waals surface area contributed by atoms with Crippen molar-refractivity contribution in [1.29, 1.82) is 0 Å². The van der Waals surface area contributed by atoms with Crippen molar-refractivity contribution in [3.63, 3.8) is 0 Å². The second kappa shape index (κ2) is 8.07. The lowest BCUT2D eigenvalue weighted by Crippen LogP contribution is -2.62. The van der Waals surface area contributed by atoms with Gasteiger partial charge in [0.25, 0.3) is 5.91 Å². The molecule has 0 spiro atoms. The molecule has 0 radical (unpaired) electrons. The second-order valence-corrected chi connectivity index (χ2v) is 8.13. The molecule has 1 saturated heterocycles. The van der Waals surface area contributed by atoms with E-state index in [1.807, 2.05) is 49.2 Å². The molecular formula is C23H27N3O4. The maximum atomic E-state index is 13.3. The van der Waals surface area contributed by atoms with Gasteiger partial charge in [-0.15, -0.1) is 0 Å². The number of likely N-dealkylation sites (N-methyl/N-ethyl adjacent to an activating group) is 1. The summed E-state index contributed by atoms with van der Waals surface area (Å²) in [5.41, 5.74) is 0.853. The third kappa shape index (κ3) is 3.43. The van der Waals surface area contributed by atoms with E-state index in [9.17, 15) is 14.4 Å². The molecule has 1 aromatic carbocycles. The molecule has 4 rings (SSSR count). The van der Waals surface area contributed by atoms with Gasteiger partial charge in [-0.3, -0.25) is 19.3 Å². The average Bonchev–Trinajstić information content (AvgIpc) is 2.75. The van der Waals surface area contributed by atoms with Gasteiger partial charge in [0.15, 0.2) is 17.2 Å². The SMILES string of the molecule is COc1c2n(cc(C(=O)CCc3ccccc3)c1=O)C[C@H]1N(C)CCC(C)N1C2=O. The highest BCUT2D eigenvalue weighted by Crippen LogP contribution is 2.30. The summed E-state index contributed by atoms with van der Waals surface area (Å²) >= 11 is 0. The first-order valence-electron chi connectivity index (χ1n) is 10.3. The summed E-state index contributed by atoms with van der Waals surface area (Å²) in [6.07, 6.45) is 3.10. The third-order valence-corrected chi connectivity index (χ3v) is 6.23. The monoisotopic (exact) mass is 409 g/mol. The molecule has 2 aromatic rings. The van der Waals surface area contributed by atoms with Crippen LogP contribution in [-0.2, 0) is 13.0 Å². The van der Waals surface area contributed by atoms with Crippen molar-refractivity contribution >= 4 is 11.7 Å². The molecule has 1 aromatic heterocycles. The number of fused-ring (bicyclic) bond motifs is 2. The largest absolute Gasteiger partial charge is 0.491 e. The fraction of sp³-hybridized carbons (Fsp3) is 0.435. The lowest BCUT2D eigenvalue weighted by atomic mass is 10.0. The predicted octanol–water partition coefficient (Wildman–Crippen LogP) is 2.18. The van der Waals surface area contributed by atoms with Crippen LogP contribution >= 0.6 is 0 Å². The topological polar surface area (TPSA) is 71.8 Å². The molecule has 0 saturated carbocycles. The minimum Gasteiger partial charge on any atom is -0.491 e. The molecule has 1 unspecified atom stereocenters. The minimum atomic E-state index is -0.508. The minimum absolute atomic E-state index is 0.0376. The van der Waals surface area contributed by atoms with Gasteiger partial charge in [-0.1, -0.05) is 30.3 Å². The van der Waals surface area contributed by atoms with Crippen LogP contribution in [0.4, 0.5) is 0 Å². The van der Waals surface area contributed by atoms with Crippen molar-refractivity contribution in [3.05, 3.63) is 63.6 Å². The summed E-state index contributed by atoms with van der Waals surface area (Å²) in [4.78, 5) is 43.2. The number of benzene rings is 1. The normalized spacial score (nSPS) is 21.2. The van der Waals surface area contributed by atoms with Gasteiger partial charge in [0, 0.05) is 25.2 Å². The van der Waals surface area contributed by atoms with Gasteiger partial charge in [0.1, 0.15) is 6.17 Å². The molecule has 3 heterocycles. The second-order valence-electron chi connectivity index (χ2n) is 8.13. The molecule has 2 atom stereocenters. The molecule has 30 heavy (non-hydrogen) atoms. The third-order valence-electron chi connectivity index (χ3n) is 6.23. The highest BCUT2D eigenvalue weighted by molar-refractivity contribution is 6.00. The highest BCUT2D eigenvalue weighted by atomic mass is 16.5.